The first-order valence-electron chi connectivity index (χ1n) is 5.59. The fourth-order valence-corrected chi connectivity index (χ4v) is 5.06. The molecule has 0 saturated heterocycles. The predicted molar refractivity (Wildman–Crippen MR) is 66.6 cm³/mol. The fourth-order valence-electron chi connectivity index (χ4n) is 2.38. The molecule has 4 nitrogen and oxygen atoms in total. The van der Waals surface area contributed by atoms with Gasteiger partial charge in [-0.25, -0.2) is 0 Å². The summed E-state index contributed by atoms with van der Waals surface area (Å²) in [4.78, 5) is 8.43. The summed E-state index contributed by atoms with van der Waals surface area (Å²) in [5.41, 5.74) is 13.1. The van der Waals surface area contributed by atoms with E-state index in [9.17, 15) is 0 Å². The van der Waals surface area contributed by atoms with Crippen LogP contribution in [-0.2, 0) is 12.8 Å². The van der Waals surface area contributed by atoms with Crippen molar-refractivity contribution in [3.63, 3.8) is 0 Å². The van der Waals surface area contributed by atoms with E-state index in [2.05, 4.69) is 9.97 Å². The van der Waals surface area contributed by atoms with Crippen LogP contribution in [0, 0.1) is 0 Å². The van der Waals surface area contributed by atoms with Gasteiger partial charge in [0.25, 0.3) is 0 Å². The summed E-state index contributed by atoms with van der Waals surface area (Å²) in [6, 6.07) is 0. The third-order valence-electron chi connectivity index (χ3n) is 3.11. The summed E-state index contributed by atoms with van der Waals surface area (Å²) >= 11 is 0.334. The molecule has 1 aliphatic rings. The number of rotatable bonds is 0. The van der Waals surface area contributed by atoms with Gasteiger partial charge in [0.15, 0.2) is 0 Å². The molecule has 16 heavy (non-hydrogen) atoms. The van der Waals surface area contributed by atoms with Crippen molar-refractivity contribution in [1.82, 2.24) is 9.97 Å². The van der Waals surface area contributed by atoms with Gasteiger partial charge >= 0.3 is 99.6 Å². The summed E-state index contributed by atoms with van der Waals surface area (Å²) in [5, 5.41) is 1.12. The van der Waals surface area contributed by atoms with Crippen molar-refractivity contribution in [2.45, 2.75) is 32.1 Å². The third-order valence-corrected chi connectivity index (χ3v) is 5.60. The zero-order chi connectivity index (χ0) is 11.1. The van der Waals surface area contributed by atoms with Crippen LogP contribution >= 0.6 is 0 Å². The van der Waals surface area contributed by atoms with Crippen molar-refractivity contribution in [1.29, 1.82) is 0 Å². The van der Waals surface area contributed by atoms with Crippen molar-refractivity contribution >= 4 is 36.0 Å². The summed E-state index contributed by atoms with van der Waals surface area (Å²) in [5.74, 6) is 0.895. The van der Waals surface area contributed by atoms with Gasteiger partial charge in [-0.15, -0.1) is 0 Å². The van der Waals surface area contributed by atoms with Crippen molar-refractivity contribution in [3.8, 4) is 0 Å². The van der Waals surface area contributed by atoms with Crippen LogP contribution < -0.4 is 11.5 Å². The van der Waals surface area contributed by atoms with Gasteiger partial charge in [0.2, 0.25) is 0 Å². The molecule has 0 atom stereocenters. The van der Waals surface area contributed by atoms with Crippen LogP contribution in [0.5, 0.6) is 0 Å². The molecule has 0 amide bonds. The quantitative estimate of drug-likeness (QED) is 0.560. The predicted octanol–water partition coefficient (Wildman–Crippen LogP) is 1.12. The Bertz CT molecular complexity index is 546. The normalized spacial score (nSPS) is 16.0. The molecule has 2 aromatic rings. The number of hydrogen-bond acceptors (Lipinski definition) is 4. The molecule has 0 aliphatic heterocycles. The molecule has 0 saturated carbocycles. The van der Waals surface area contributed by atoms with E-state index in [1.807, 2.05) is 0 Å². The van der Waals surface area contributed by atoms with E-state index in [0.29, 0.717) is 26.3 Å². The SMILES string of the molecule is Nc1nc(N)c2c3c([se]c2n1)CCCCC3. The molecule has 84 valence electrons. The molecule has 0 bridgehead atoms. The van der Waals surface area contributed by atoms with Crippen LogP contribution in [0.2, 0.25) is 0 Å². The standard InChI is InChI=1S/C11H14N4Se/c12-9-8-6-4-2-1-3-5-7(6)16-10(8)15-11(13)14-9/h1-5H2,(H4,12,13,14,15). The Kier molecular flexibility index (Phi) is 2.37. The van der Waals surface area contributed by atoms with Crippen LogP contribution in [0.4, 0.5) is 11.8 Å². The van der Waals surface area contributed by atoms with E-state index in [0.717, 1.165) is 16.2 Å². The van der Waals surface area contributed by atoms with Crippen LogP contribution in [0.1, 0.15) is 29.3 Å². The Labute approximate surface area is 99.8 Å². The molecule has 1 aliphatic carbocycles. The Balaban J connectivity index is 2.29. The Morgan fingerprint density at radius 3 is 2.69 bits per heavy atom. The second-order valence-electron chi connectivity index (χ2n) is 4.21. The average Bonchev–Trinajstić information content (AvgIpc) is 2.42. The molecule has 5 heteroatoms. The topological polar surface area (TPSA) is 77.8 Å². The van der Waals surface area contributed by atoms with Gasteiger partial charge in [0.1, 0.15) is 0 Å². The molecule has 4 N–H and O–H groups in total. The van der Waals surface area contributed by atoms with Crippen molar-refractivity contribution in [3.05, 3.63) is 10.0 Å². The molecule has 0 radical (unpaired) electrons. The molecular formula is C11H14N4Se. The molecule has 0 spiro atoms. The van der Waals surface area contributed by atoms with Gasteiger partial charge in [-0.2, -0.15) is 0 Å². The first-order chi connectivity index (χ1) is 7.75. The summed E-state index contributed by atoms with van der Waals surface area (Å²) in [6.45, 7) is 0. The van der Waals surface area contributed by atoms with E-state index < -0.39 is 0 Å². The Hall–Kier alpha value is -1.06. The fraction of sp³-hybridized carbons (Fsp3) is 0.455. The molecular weight excluding hydrogens is 267 g/mol. The van der Waals surface area contributed by atoms with E-state index in [-0.39, 0.29) is 0 Å². The van der Waals surface area contributed by atoms with E-state index in [4.69, 9.17) is 11.5 Å². The number of fused-ring (bicyclic) bond motifs is 3. The maximum absolute atomic E-state index is 5.98. The molecule has 0 unspecified atom stereocenters. The van der Waals surface area contributed by atoms with Crippen LogP contribution in [-0.4, -0.2) is 24.5 Å². The zero-order valence-corrected chi connectivity index (χ0v) is 10.7. The van der Waals surface area contributed by atoms with E-state index in [1.165, 1.54) is 31.2 Å². The van der Waals surface area contributed by atoms with Crippen LogP contribution in [0.25, 0.3) is 9.78 Å². The third kappa shape index (κ3) is 1.51. The second kappa shape index (κ2) is 3.75. The number of nitrogen functional groups attached to an aromatic ring is 2. The first-order valence-corrected chi connectivity index (χ1v) is 7.30. The molecule has 2 heterocycles. The van der Waals surface area contributed by atoms with Gasteiger partial charge in [-0.1, -0.05) is 0 Å². The van der Waals surface area contributed by atoms with Gasteiger partial charge < -0.3 is 0 Å². The summed E-state index contributed by atoms with van der Waals surface area (Å²) < 4.78 is 2.68. The number of aromatic nitrogens is 2. The molecule has 0 fully saturated rings. The molecule has 3 rings (SSSR count). The van der Waals surface area contributed by atoms with E-state index >= 15 is 0 Å². The summed E-state index contributed by atoms with van der Waals surface area (Å²) in [6.07, 6.45) is 6.25. The van der Waals surface area contributed by atoms with Gasteiger partial charge in [-0.3, -0.25) is 0 Å². The van der Waals surface area contributed by atoms with Crippen LogP contribution in [0.3, 0.4) is 0 Å². The van der Waals surface area contributed by atoms with Gasteiger partial charge in [0.05, 0.1) is 0 Å². The average molecular weight is 281 g/mol. The minimum atomic E-state index is 0.316. The zero-order valence-electron chi connectivity index (χ0n) is 8.99. The van der Waals surface area contributed by atoms with Crippen LogP contribution in [0.15, 0.2) is 0 Å². The number of nitrogens with two attached hydrogens (primary N) is 2. The van der Waals surface area contributed by atoms with Crippen molar-refractivity contribution < 1.29 is 0 Å². The molecule has 2 aromatic heterocycles. The summed E-state index contributed by atoms with van der Waals surface area (Å²) in [7, 11) is 0. The number of hydrogen-bond donors (Lipinski definition) is 2. The first kappa shape index (κ1) is 10.1. The van der Waals surface area contributed by atoms with Gasteiger partial charge in [0, 0.05) is 0 Å². The Morgan fingerprint density at radius 2 is 1.81 bits per heavy atom. The van der Waals surface area contributed by atoms with E-state index in [1.54, 1.807) is 4.44 Å². The number of aryl methyl sites for hydroxylation is 2. The Morgan fingerprint density at radius 1 is 1.00 bits per heavy atom. The number of nitrogens with zero attached hydrogens (tertiary/aromatic N) is 2. The molecule has 0 aromatic carbocycles. The minimum absolute atomic E-state index is 0.316. The van der Waals surface area contributed by atoms with Crippen molar-refractivity contribution in [2.24, 2.45) is 0 Å². The number of anilines is 2. The second-order valence-corrected chi connectivity index (χ2v) is 6.49. The van der Waals surface area contributed by atoms with Crippen molar-refractivity contribution in [2.75, 3.05) is 11.5 Å². The maximum atomic E-state index is 5.98. The monoisotopic (exact) mass is 282 g/mol. The van der Waals surface area contributed by atoms with Gasteiger partial charge in [-0.05, 0) is 0 Å².